The number of nitrogens with zero attached hydrogens (tertiary/aromatic N) is 2. The molecule has 0 aromatic heterocycles. The van der Waals surface area contributed by atoms with Crippen molar-refractivity contribution in [2.24, 2.45) is 28.0 Å². The molecule has 0 bridgehead atoms. The Morgan fingerprint density at radius 2 is 2.18 bits per heavy atom. The molecule has 2 N–H and O–H groups in total. The van der Waals surface area contributed by atoms with Crippen molar-refractivity contribution in [3.63, 3.8) is 0 Å². The normalized spacial score (nSPS) is 27.2. The molecule has 120 valence electrons. The molecule has 2 heterocycles. The molecule has 4 nitrogen and oxygen atoms in total. The second-order valence-electron chi connectivity index (χ2n) is 7.32. The first-order valence-electron chi connectivity index (χ1n) is 8.49. The number of carbonyl (C=O) groups is 1. The first kappa shape index (κ1) is 15.5. The van der Waals surface area contributed by atoms with Gasteiger partial charge in [0.1, 0.15) is 0 Å². The zero-order valence-corrected chi connectivity index (χ0v) is 13.7. The van der Waals surface area contributed by atoms with Gasteiger partial charge in [-0.05, 0) is 31.6 Å². The summed E-state index contributed by atoms with van der Waals surface area (Å²) in [6.45, 7) is 5.81. The number of fused-ring (bicyclic) bond motifs is 2. The van der Waals surface area contributed by atoms with E-state index in [1.807, 2.05) is 11.1 Å². The van der Waals surface area contributed by atoms with Crippen molar-refractivity contribution < 1.29 is 4.79 Å². The lowest BCUT2D eigenvalue weighted by Gasteiger charge is -2.40. The molecular formula is C18H27N3O. The van der Waals surface area contributed by atoms with Gasteiger partial charge in [0, 0.05) is 36.3 Å². The van der Waals surface area contributed by atoms with Gasteiger partial charge in [-0.2, -0.15) is 0 Å². The number of allylic oxidation sites excluding steroid dienone is 3. The van der Waals surface area contributed by atoms with Crippen LogP contribution in [0.15, 0.2) is 29.4 Å². The van der Waals surface area contributed by atoms with Gasteiger partial charge < -0.3 is 10.6 Å². The summed E-state index contributed by atoms with van der Waals surface area (Å²) in [4.78, 5) is 19.1. The molecule has 1 amide bonds. The highest BCUT2D eigenvalue weighted by Crippen LogP contribution is 2.44. The highest BCUT2D eigenvalue weighted by molar-refractivity contribution is 5.99. The van der Waals surface area contributed by atoms with Gasteiger partial charge >= 0.3 is 0 Å². The van der Waals surface area contributed by atoms with E-state index in [-0.39, 0.29) is 17.4 Å². The van der Waals surface area contributed by atoms with Crippen LogP contribution in [0.1, 0.15) is 39.5 Å². The fraction of sp³-hybridized carbons (Fsp3) is 0.667. The lowest BCUT2D eigenvalue weighted by molar-refractivity contribution is -0.134. The number of nitrogens with two attached hydrogens (primary N) is 1. The monoisotopic (exact) mass is 301 g/mol. The van der Waals surface area contributed by atoms with Crippen molar-refractivity contribution in [2.75, 3.05) is 13.1 Å². The maximum Gasteiger partial charge on any atom is 0.239 e. The summed E-state index contributed by atoms with van der Waals surface area (Å²) in [6.07, 6.45) is 12.5. The lowest BCUT2D eigenvalue weighted by atomic mass is 9.74. The molecule has 1 unspecified atom stereocenters. The zero-order valence-electron chi connectivity index (χ0n) is 13.7. The average molecular weight is 301 g/mol. The van der Waals surface area contributed by atoms with Crippen LogP contribution < -0.4 is 5.73 Å². The number of hydrogen-bond acceptors (Lipinski definition) is 3. The van der Waals surface area contributed by atoms with E-state index < -0.39 is 0 Å². The van der Waals surface area contributed by atoms with E-state index in [4.69, 9.17) is 5.73 Å². The first-order chi connectivity index (χ1) is 10.5. The third-order valence-corrected chi connectivity index (χ3v) is 5.23. The summed E-state index contributed by atoms with van der Waals surface area (Å²) in [5.74, 6) is 1.06. The van der Waals surface area contributed by atoms with E-state index in [9.17, 15) is 4.79 Å². The average Bonchev–Trinajstić information content (AvgIpc) is 2.86. The summed E-state index contributed by atoms with van der Waals surface area (Å²) in [6, 6.07) is -0.351. The Bertz CT molecular complexity index is 524. The van der Waals surface area contributed by atoms with E-state index in [1.54, 1.807) is 0 Å². The number of aliphatic imine (C=N–C) groups is 1. The molecule has 1 fully saturated rings. The molecule has 1 spiro atoms. The second kappa shape index (κ2) is 5.99. The zero-order chi connectivity index (χ0) is 15.7. The lowest BCUT2D eigenvalue weighted by Crippen LogP contribution is -2.50. The Labute approximate surface area is 133 Å². The van der Waals surface area contributed by atoms with Gasteiger partial charge in [0.05, 0.1) is 6.04 Å². The van der Waals surface area contributed by atoms with Crippen LogP contribution in [0.25, 0.3) is 0 Å². The van der Waals surface area contributed by atoms with E-state index in [0.717, 1.165) is 38.8 Å². The van der Waals surface area contributed by atoms with E-state index in [1.165, 1.54) is 5.71 Å². The number of piperidine rings is 1. The smallest absolute Gasteiger partial charge is 0.239 e. The van der Waals surface area contributed by atoms with Crippen LogP contribution in [0, 0.1) is 17.3 Å². The number of amides is 1. The molecule has 0 radical (unpaired) electrons. The second-order valence-corrected chi connectivity index (χ2v) is 7.32. The molecule has 2 atom stereocenters. The maximum absolute atomic E-state index is 12.5. The molecule has 4 heteroatoms. The first-order valence-corrected chi connectivity index (χ1v) is 8.49. The van der Waals surface area contributed by atoms with Gasteiger partial charge in [-0.15, -0.1) is 0 Å². The van der Waals surface area contributed by atoms with Crippen LogP contribution in [0.5, 0.6) is 0 Å². The third-order valence-electron chi connectivity index (χ3n) is 5.23. The minimum Gasteiger partial charge on any atom is -0.341 e. The fourth-order valence-corrected chi connectivity index (χ4v) is 3.99. The van der Waals surface area contributed by atoms with Crippen molar-refractivity contribution in [2.45, 2.75) is 45.6 Å². The van der Waals surface area contributed by atoms with Gasteiger partial charge in [0.2, 0.25) is 5.91 Å². The molecule has 22 heavy (non-hydrogen) atoms. The highest BCUT2D eigenvalue weighted by Gasteiger charge is 2.44. The van der Waals surface area contributed by atoms with Gasteiger partial charge in [-0.25, -0.2) is 0 Å². The number of hydrogen-bond donors (Lipinski definition) is 1. The molecule has 1 aliphatic carbocycles. The van der Waals surface area contributed by atoms with Crippen LogP contribution in [0.2, 0.25) is 0 Å². The van der Waals surface area contributed by atoms with Gasteiger partial charge in [-0.3, -0.25) is 9.79 Å². The summed E-state index contributed by atoms with van der Waals surface area (Å²) in [7, 11) is 0. The van der Waals surface area contributed by atoms with Crippen LogP contribution in [-0.4, -0.2) is 35.7 Å². The van der Waals surface area contributed by atoms with Crippen molar-refractivity contribution in [1.29, 1.82) is 0 Å². The Hall–Kier alpha value is -1.42. The van der Waals surface area contributed by atoms with Gasteiger partial charge in [0.25, 0.3) is 0 Å². The minimum atomic E-state index is -0.351. The predicted molar refractivity (Wildman–Crippen MR) is 89.5 cm³/mol. The van der Waals surface area contributed by atoms with Crippen molar-refractivity contribution >= 4 is 11.6 Å². The summed E-state index contributed by atoms with van der Waals surface area (Å²) < 4.78 is 0. The molecular weight excluding hydrogens is 274 g/mol. The standard InChI is InChI=1S/C18H27N3O/c1-13(2)12-15(19)17(22)21-10-7-18(8-11-21)6-5-14-4-3-9-20-16(14)18/h3,5-6,9,13-15H,4,7-8,10-12,19H2,1-2H3/t14?,15-/m1/s1. The van der Waals surface area contributed by atoms with Crippen molar-refractivity contribution in [1.82, 2.24) is 4.90 Å². The Balaban J connectivity index is 1.63. The van der Waals surface area contributed by atoms with Crippen LogP contribution in [0.3, 0.4) is 0 Å². The van der Waals surface area contributed by atoms with Crippen LogP contribution >= 0.6 is 0 Å². The van der Waals surface area contributed by atoms with Crippen LogP contribution in [-0.2, 0) is 4.79 Å². The Morgan fingerprint density at radius 3 is 2.86 bits per heavy atom. The molecule has 1 saturated heterocycles. The van der Waals surface area contributed by atoms with Crippen LogP contribution in [0.4, 0.5) is 0 Å². The van der Waals surface area contributed by atoms with E-state index in [0.29, 0.717) is 11.8 Å². The molecule has 3 aliphatic rings. The van der Waals surface area contributed by atoms with Crippen molar-refractivity contribution in [3.05, 3.63) is 24.4 Å². The Kier molecular flexibility index (Phi) is 4.22. The quantitative estimate of drug-likeness (QED) is 0.814. The number of likely N-dealkylation sites (tertiary alicyclic amines) is 1. The predicted octanol–water partition coefficient (Wildman–Crippen LogP) is 2.51. The number of carbonyl (C=O) groups excluding carboxylic acids is 1. The highest BCUT2D eigenvalue weighted by atomic mass is 16.2. The van der Waals surface area contributed by atoms with E-state index >= 15 is 0 Å². The fourth-order valence-electron chi connectivity index (χ4n) is 3.99. The van der Waals surface area contributed by atoms with Gasteiger partial charge in [0.15, 0.2) is 0 Å². The van der Waals surface area contributed by atoms with Gasteiger partial charge in [-0.1, -0.05) is 32.1 Å². The molecule has 0 aromatic rings. The third kappa shape index (κ3) is 2.76. The topological polar surface area (TPSA) is 58.7 Å². The molecule has 3 rings (SSSR count). The largest absolute Gasteiger partial charge is 0.341 e. The molecule has 0 aromatic carbocycles. The summed E-state index contributed by atoms with van der Waals surface area (Å²) in [5, 5.41) is 0. The number of rotatable bonds is 3. The summed E-state index contributed by atoms with van der Waals surface area (Å²) >= 11 is 0. The van der Waals surface area contributed by atoms with E-state index in [2.05, 4.69) is 37.1 Å². The minimum absolute atomic E-state index is 0.0916. The SMILES string of the molecule is CC(C)C[C@@H](N)C(=O)N1CCC2(C=CC3CC=CN=C32)CC1. The maximum atomic E-state index is 12.5. The van der Waals surface area contributed by atoms with Crippen molar-refractivity contribution in [3.8, 4) is 0 Å². The molecule has 2 aliphatic heterocycles. The summed E-state index contributed by atoms with van der Waals surface area (Å²) in [5.41, 5.74) is 7.47. The Morgan fingerprint density at radius 1 is 1.45 bits per heavy atom. The molecule has 0 saturated carbocycles.